The highest BCUT2D eigenvalue weighted by molar-refractivity contribution is 5.80. The summed E-state index contributed by atoms with van der Waals surface area (Å²) in [5.74, 6) is 5.65. The molecule has 1 fully saturated rings. The minimum Gasteiger partial charge on any atom is -0.491 e. The number of hydrogen-bond donors (Lipinski definition) is 4. The number of nitrogens with one attached hydrogen (secondary N) is 3. The van der Waals surface area contributed by atoms with Crippen molar-refractivity contribution in [2.75, 3.05) is 0 Å². The first-order valence-corrected chi connectivity index (χ1v) is 6.81. The minimum atomic E-state index is -0.253. The Morgan fingerprint density at radius 1 is 1.30 bits per heavy atom. The second-order valence-electron chi connectivity index (χ2n) is 5.33. The molecule has 0 aliphatic carbocycles. The molecule has 0 spiro atoms. The van der Waals surface area contributed by atoms with Crippen molar-refractivity contribution in [2.24, 2.45) is 11.8 Å². The van der Waals surface area contributed by atoms with E-state index in [0.29, 0.717) is 0 Å². The molecule has 0 radical (unpaired) electrons. The van der Waals surface area contributed by atoms with Crippen molar-refractivity contribution in [3.8, 4) is 5.75 Å². The van der Waals surface area contributed by atoms with Gasteiger partial charge in [0.2, 0.25) is 5.91 Å². The van der Waals surface area contributed by atoms with Gasteiger partial charge in [-0.2, -0.15) is 0 Å². The van der Waals surface area contributed by atoms with Crippen LogP contribution in [0.2, 0.25) is 0 Å². The topological polar surface area (TPSA) is 88.4 Å². The minimum absolute atomic E-state index is 0.00939. The number of ether oxygens (including phenoxy) is 1. The summed E-state index contributed by atoms with van der Waals surface area (Å²) < 4.78 is 5.61. The quantitative estimate of drug-likeness (QED) is 0.368. The maximum Gasteiger partial charge on any atom is 0.240 e. The molecule has 1 aliphatic rings. The lowest BCUT2D eigenvalue weighted by atomic mass is 9.89. The predicted octanol–water partition coefficient (Wildman–Crippen LogP) is 0.617. The van der Waals surface area contributed by atoms with Crippen molar-refractivity contribution in [1.29, 1.82) is 0 Å². The van der Waals surface area contributed by atoms with Gasteiger partial charge in [-0.15, -0.1) is 0 Å². The van der Waals surface area contributed by atoms with Gasteiger partial charge in [0, 0.05) is 6.04 Å². The molecule has 0 saturated carbocycles. The number of hydrazine groups is 2. The van der Waals surface area contributed by atoms with Crippen LogP contribution in [0.4, 0.5) is 0 Å². The molecule has 3 unspecified atom stereocenters. The molecule has 1 amide bonds. The van der Waals surface area contributed by atoms with Crippen molar-refractivity contribution in [1.82, 2.24) is 16.3 Å². The van der Waals surface area contributed by atoms with Crippen molar-refractivity contribution in [3.05, 3.63) is 29.8 Å². The van der Waals surface area contributed by atoms with Gasteiger partial charge in [-0.1, -0.05) is 12.1 Å². The molecular formula is C14H22N4O2. The van der Waals surface area contributed by atoms with Gasteiger partial charge in [0.05, 0.1) is 18.1 Å². The smallest absolute Gasteiger partial charge is 0.240 e. The van der Waals surface area contributed by atoms with E-state index >= 15 is 0 Å². The van der Waals surface area contributed by atoms with Crippen molar-refractivity contribution < 1.29 is 9.53 Å². The van der Waals surface area contributed by atoms with E-state index in [9.17, 15) is 4.79 Å². The molecule has 6 heteroatoms. The summed E-state index contributed by atoms with van der Waals surface area (Å²) >= 11 is 0. The highest BCUT2D eigenvalue weighted by Gasteiger charge is 2.38. The Morgan fingerprint density at radius 3 is 2.50 bits per heavy atom. The van der Waals surface area contributed by atoms with Crippen LogP contribution in [0, 0.1) is 5.92 Å². The van der Waals surface area contributed by atoms with Crippen LogP contribution in [0.5, 0.6) is 5.75 Å². The van der Waals surface area contributed by atoms with Crippen molar-refractivity contribution >= 4 is 5.91 Å². The van der Waals surface area contributed by atoms with Crippen LogP contribution < -0.4 is 26.9 Å². The van der Waals surface area contributed by atoms with Crippen LogP contribution in [0.25, 0.3) is 0 Å². The number of rotatable bonds is 4. The predicted molar refractivity (Wildman–Crippen MR) is 76.5 cm³/mol. The van der Waals surface area contributed by atoms with E-state index in [4.69, 9.17) is 10.6 Å². The molecule has 3 atom stereocenters. The van der Waals surface area contributed by atoms with E-state index in [1.165, 1.54) is 0 Å². The maximum atomic E-state index is 11.9. The third kappa shape index (κ3) is 3.09. The van der Waals surface area contributed by atoms with Gasteiger partial charge in [0.15, 0.2) is 0 Å². The summed E-state index contributed by atoms with van der Waals surface area (Å²) in [4.78, 5) is 11.9. The molecule has 1 aliphatic heterocycles. The Bertz CT molecular complexity index is 461. The molecule has 1 saturated heterocycles. The van der Waals surface area contributed by atoms with E-state index in [2.05, 4.69) is 16.3 Å². The molecule has 0 aromatic heterocycles. The van der Waals surface area contributed by atoms with Crippen LogP contribution >= 0.6 is 0 Å². The Kier molecular flexibility index (Phi) is 4.59. The fourth-order valence-corrected chi connectivity index (χ4v) is 2.48. The van der Waals surface area contributed by atoms with Crippen LogP contribution in [0.1, 0.15) is 32.4 Å². The second-order valence-corrected chi connectivity index (χ2v) is 5.33. The van der Waals surface area contributed by atoms with E-state index in [1.807, 2.05) is 45.0 Å². The molecular weight excluding hydrogens is 256 g/mol. The molecule has 6 nitrogen and oxygen atoms in total. The van der Waals surface area contributed by atoms with Gasteiger partial charge in [0.1, 0.15) is 5.75 Å². The molecule has 110 valence electrons. The standard InChI is InChI=1S/C14H22N4O2/c1-8(2)20-11-6-4-10(5-7-11)13-12(14(19)16-15)9(3)17-18-13/h4-9,12-13,17-18H,15H2,1-3H3,(H,16,19). The summed E-state index contributed by atoms with van der Waals surface area (Å²) in [6.07, 6.45) is 0.142. The Balaban J connectivity index is 2.16. The first-order chi connectivity index (χ1) is 9.52. The average Bonchev–Trinajstić information content (AvgIpc) is 2.80. The van der Waals surface area contributed by atoms with E-state index < -0.39 is 0 Å². The van der Waals surface area contributed by atoms with Crippen molar-refractivity contribution in [3.63, 3.8) is 0 Å². The summed E-state index contributed by atoms with van der Waals surface area (Å²) in [6.45, 7) is 5.92. The van der Waals surface area contributed by atoms with Gasteiger partial charge < -0.3 is 4.74 Å². The Hall–Kier alpha value is -1.63. The van der Waals surface area contributed by atoms with Gasteiger partial charge in [0.25, 0.3) is 0 Å². The van der Waals surface area contributed by atoms with E-state index in [-0.39, 0.29) is 30.0 Å². The van der Waals surface area contributed by atoms with Gasteiger partial charge >= 0.3 is 0 Å². The lowest BCUT2D eigenvalue weighted by molar-refractivity contribution is -0.125. The first kappa shape index (κ1) is 14.8. The molecule has 1 aromatic rings. The SMILES string of the molecule is CC(C)Oc1ccc(C2NNC(C)C2C(=O)NN)cc1. The molecule has 1 heterocycles. The van der Waals surface area contributed by atoms with Crippen LogP contribution in [0.3, 0.4) is 0 Å². The third-order valence-corrected chi connectivity index (χ3v) is 3.42. The number of carbonyl (C=O) groups is 1. The largest absolute Gasteiger partial charge is 0.491 e. The summed E-state index contributed by atoms with van der Waals surface area (Å²) in [6, 6.07) is 7.66. The monoisotopic (exact) mass is 278 g/mol. The molecule has 2 rings (SSSR count). The number of hydrogen-bond acceptors (Lipinski definition) is 5. The molecule has 0 bridgehead atoms. The lowest BCUT2D eigenvalue weighted by Gasteiger charge is -2.20. The zero-order chi connectivity index (χ0) is 14.7. The highest BCUT2D eigenvalue weighted by Crippen LogP contribution is 2.29. The molecule has 1 aromatic carbocycles. The third-order valence-electron chi connectivity index (χ3n) is 3.42. The number of carbonyl (C=O) groups excluding carboxylic acids is 1. The highest BCUT2D eigenvalue weighted by atomic mass is 16.5. The normalized spacial score (nSPS) is 25.8. The summed E-state index contributed by atoms with van der Waals surface area (Å²) in [5, 5.41) is 0. The number of benzene rings is 1. The fourth-order valence-electron chi connectivity index (χ4n) is 2.48. The van der Waals surface area contributed by atoms with Gasteiger partial charge in [-0.05, 0) is 38.5 Å². The lowest BCUT2D eigenvalue weighted by Crippen LogP contribution is -2.41. The summed E-state index contributed by atoms with van der Waals surface area (Å²) in [7, 11) is 0. The summed E-state index contributed by atoms with van der Waals surface area (Å²) in [5.41, 5.74) is 9.47. The number of nitrogens with two attached hydrogens (primary N) is 1. The second kappa shape index (κ2) is 6.21. The number of amides is 1. The van der Waals surface area contributed by atoms with Crippen LogP contribution in [-0.2, 0) is 4.79 Å². The zero-order valence-corrected chi connectivity index (χ0v) is 12.0. The maximum absolute atomic E-state index is 11.9. The van der Waals surface area contributed by atoms with Crippen molar-refractivity contribution in [2.45, 2.75) is 39.0 Å². The first-order valence-electron chi connectivity index (χ1n) is 6.81. The fraction of sp³-hybridized carbons (Fsp3) is 0.500. The zero-order valence-electron chi connectivity index (χ0n) is 12.0. The molecule has 5 N–H and O–H groups in total. The van der Waals surface area contributed by atoms with Crippen LogP contribution in [0.15, 0.2) is 24.3 Å². The van der Waals surface area contributed by atoms with Gasteiger partial charge in [-0.3, -0.25) is 15.6 Å². The average molecular weight is 278 g/mol. The van der Waals surface area contributed by atoms with E-state index in [1.54, 1.807) is 0 Å². The van der Waals surface area contributed by atoms with Crippen LogP contribution in [-0.4, -0.2) is 18.1 Å². The molecule has 20 heavy (non-hydrogen) atoms. The van der Waals surface area contributed by atoms with Gasteiger partial charge in [-0.25, -0.2) is 11.3 Å². The Morgan fingerprint density at radius 2 is 1.95 bits per heavy atom. The van der Waals surface area contributed by atoms with E-state index in [0.717, 1.165) is 11.3 Å². The Labute approximate surface area is 119 Å².